The zero-order valence-electron chi connectivity index (χ0n) is 19.3. The minimum Gasteiger partial charge on any atom is -0.497 e. The minimum absolute atomic E-state index is 0.162. The predicted molar refractivity (Wildman–Crippen MR) is 133 cm³/mol. The van der Waals surface area contributed by atoms with Crippen LogP contribution in [0.4, 0.5) is 5.69 Å². The number of aromatic nitrogens is 4. The van der Waals surface area contributed by atoms with E-state index < -0.39 is 6.04 Å². The molecule has 3 heterocycles. The predicted octanol–water partition coefficient (Wildman–Crippen LogP) is 2.60. The van der Waals surface area contributed by atoms with Crippen LogP contribution in [0.2, 0.25) is 0 Å². The van der Waals surface area contributed by atoms with Gasteiger partial charge in [-0.2, -0.15) is 5.10 Å². The Labute approximate surface area is 210 Å². The molecule has 178 valence electrons. The molecule has 0 spiro atoms. The highest BCUT2D eigenvalue weighted by Crippen LogP contribution is 2.28. The second kappa shape index (κ2) is 9.95. The normalized spacial score (nSPS) is 15.0. The smallest absolute Gasteiger partial charge is 0.276 e. The van der Waals surface area contributed by atoms with E-state index in [1.807, 2.05) is 14.0 Å². The number of benzene rings is 1. The summed E-state index contributed by atoms with van der Waals surface area (Å²) >= 11 is 2.14. The van der Waals surface area contributed by atoms with Gasteiger partial charge in [-0.25, -0.2) is 0 Å². The molecule has 0 bridgehead atoms. The fraction of sp³-hybridized carbons (Fsp3) is 0.348. The van der Waals surface area contributed by atoms with Crippen molar-refractivity contribution in [1.29, 1.82) is 0 Å². The van der Waals surface area contributed by atoms with Gasteiger partial charge in [0.05, 0.1) is 41.4 Å². The van der Waals surface area contributed by atoms with Crippen molar-refractivity contribution in [2.45, 2.75) is 32.4 Å². The third kappa shape index (κ3) is 4.56. The summed E-state index contributed by atoms with van der Waals surface area (Å²) in [7, 11) is 4.89. The topological polar surface area (TPSA) is 111 Å². The first-order valence-corrected chi connectivity index (χ1v) is 11.8. The molecule has 0 fully saturated rings. The number of hydrogen-bond acceptors (Lipinski definition) is 7. The number of rotatable bonds is 6. The second-order valence-electron chi connectivity index (χ2n) is 7.78. The van der Waals surface area contributed by atoms with Crippen molar-refractivity contribution >= 4 is 40.1 Å². The van der Waals surface area contributed by atoms with Crippen LogP contribution in [0.3, 0.4) is 0 Å². The Hall–Kier alpha value is -3.22. The standard InChI is InChI=1S/C23H25IN6O4/c1-5-18-20(24)21(28-29(18)2)23(32)30-12-17-16(25-6-7-26-17)11-19(30)22(31)27-13-8-14(33-3)10-15(9-13)34-4/h6-10,19H,5,11-12H2,1-4H3,(H,27,31). The van der Waals surface area contributed by atoms with E-state index in [1.54, 1.807) is 35.3 Å². The molecule has 3 aromatic rings. The number of ether oxygens (including phenoxy) is 2. The highest BCUT2D eigenvalue weighted by atomic mass is 127. The molecule has 11 heteroatoms. The van der Waals surface area contributed by atoms with Crippen LogP contribution >= 0.6 is 22.6 Å². The monoisotopic (exact) mass is 576 g/mol. The first-order chi connectivity index (χ1) is 16.4. The van der Waals surface area contributed by atoms with Crippen LogP contribution < -0.4 is 14.8 Å². The fourth-order valence-corrected chi connectivity index (χ4v) is 5.07. The van der Waals surface area contributed by atoms with Gasteiger partial charge in [0.25, 0.3) is 5.91 Å². The Balaban J connectivity index is 1.68. The molecule has 1 N–H and O–H groups in total. The number of carbonyl (C=O) groups is 2. The molecule has 34 heavy (non-hydrogen) atoms. The molecular formula is C23H25IN6O4. The molecule has 10 nitrogen and oxygen atoms in total. The summed E-state index contributed by atoms with van der Waals surface area (Å²) < 4.78 is 13.1. The molecule has 0 radical (unpaired) electrons. The zero-order chi connectivity index (χ0) is 24.4. The van der Waals surface area contributed by atoms with Crippen LogP contribution in [0.5, 0.6) is 11.5 Å². The van der Waals surface area contributed by atoms with E-state index >= 15 is 0 Å². The van der Waals surface area contributed by atoms with Crippen molar-refractivity contribution in [1.82, 2.24) is 24.6 Å². The van der Waals surface area contributed by atoms with E-state index in [9.17, 15) is 9.59 Å². The van der Waals surface area contributed by atoms with Gasteiger partial charge in [0, 0.05) is 49.7 Å². The Morgan fingerprint density at radius 2 is 1.76 bits per heavy atom. The van der Waals surface area contributed by atoms with Gasteiger partial charge in [0.1, 0.15) is 17.5 Å². The Bertz CT molecular complexity index is 1220. The molecular weight excluding hydrogens is 551 g/mol. The molecule has 0 saturated heterocycles. The SMILES string of the molecule is CCc1c(I)c(C(=O)N2Cc3nccnc3CC2C(=O)Nc2cc(OC)cc(OC)c2)nn1C. The number of methoxy groups -OCH3 is 2. The van der Waals surface area contributed by atoms with Crippen molar-refractivity contribution in [3.8, 4) is 11.5 Å². The van der Waals surface area contributed by atoms with Crippen LogP contribution in [0.25, 0.3) is 0 Å². The minimum atomic E-state index is -0.795. The molecule has 1 aliphatic rings. The highest BCUT2D eigenvalue weighted by Gasteiger charge is 2.38. The highest BCUT2D eigenvalue weighted by molar-refractivity contribution is 14.1. The maximum Gasteiger partial charge on any atom is 0.276 e. The molecule has 1 aromatic carbocycles. The number of aryl methyl sites for hydroxylation is 1. The number of halogens is 1. The Morgan fingerprint density at radius 1 is 1.12 bits per heavy atom. The molecule has 4 rings (SSSR count). The molecule has 2 aromatic heterocycles. The van der Waals surface area contributed by atoms with Crippen LogP contribution in [-0.4, -0.2) is 56.7 Å². The maximum atomic E-state index is 13.7. The molecule has 0 saturated carbocycles. The van der Waals surface area contributed by atoms with Crippen molar-refractivity contribution in [2.75, 3.05) is 19.5 Å². The lowest BCUT2D eigenvalue weighted by Gasteiger charge is -2.34. The second-order valence-corrected chi connectivity index (χ2v) is 8.86. The van der Waals surface area contributed by atoms with Gasteiger partial charge in [-0.1, -0.05) is 6.92 Å². The largest absolute Gasteiger partial charge is 0.497 e. The van der Waals surface area contributed by atoms with Crippen molar-refractivity contribution in [3.63, 3.8) is 0 Å². The van der Waals surface area contributed by atoms with E-state index in [-0.39, 0.29) is 24.8 Å². The Kier molecular flexibility index (Phi) is 7.00. The first-order valence-electron chi connectivity index (χ1n) is 10.7. The number of hydrogen-bond donors (Lipinski definition) is 1. The van der Waals surface area contributed by atoms with E-state index in [4.69, 9.17) is 9.47 Å². The van der Waals surface area contributed by atoms with E-state index in [0.717, 1.165) is 15.7 Å². The van der Waals surface area contributed by atoms with Gasteiger partial charge in [-0.15, -0.1) is 0 Å². The molecule has 1 aliphatic heterocycles. The van der Waals surface area contributed by atoms with Gasteiger partial charge < -0.3 is 19.7 Å². The van der Waals surface area contributed by atoms with Crippen LogP contribution in [0, 0.1) is 3.57 Å². The lowest BCUT2D eigenvalue weighted by Crippen LogP contribution is -2.51. The molecule has 2 amide bonds. The number of nitrogens with one attached hydrogen (secondary N) is 1. The average molecular weight is 576 g/mol. The summed E-state index contributed by atoms with van der Waals surface area (Å²) in [4.78, 5) is 37.4. The van der Waals surface area contributed by atoms with Gasteiger partial charge >= 0.3 is 0 Å². The van der Waals surface area contributed by atoms with Crippen molar-refractivity contribution < 1.29 is 19.1 Å². The molecule has 0 aliphatic carbocycles. The number of amides is 2. The zero-order valence-corrected chi connectivity index (χ0v) is 21.5. The van der Waals surface area contributed by atoms with E-state index in [0.29, 0.717) is 34.3 Å². The van der Waals surface area contributed by atoms with Gasteiger partial charge in [0.15, 0.2) is 5.69 Å². The third-order valence-electron chi connectivity index (χ3n) is 5.77. The summed E-state index contributed by atoms with van der Waals surface area (Å²) in [5.74, 6) is 0.413. The summed E-state index contributed by atoms with van der Waals surface area (Å²) in [5, 5.41) is 7.35. The van der Waals surface area contributed by atoms with Gasteiger partial charge in [0.2, 0.25) is 5.91 Å². The van der Waals surface area contributed by atoms with Crippen LogP contribution in [0.15, 0.2) is 30.6 Å². The maximum absolute atomic E-state index is 13.7. The average Bonchev–Trinajstić information content (AvgIpc) is 3.15. The third-order valence-corrected chi connectivity index (χ3v) is 6.90. The Morgan fingerprint density at radius 3 is 2.35 bits per heavy atom. The summed E-state index contributed by atoms with van der Waals surface area (Å²) in [6, 6.07) is 4.31. The van der Waals surface area contributed by atoms with Crippen molar-refractivity contribution in [3.05, 3.63) is 56.9 Å². The van der Waals surface area contributed by atoms with E-state index in [2.05, 4.69) is 43.0 Å². The van der Waals surface area contributed by atoms with Crippen LogP contribution in [0.1, 0.15) is 34.5 Å². The fourth-order valence-electron chi connectivity index (χ4n) is 4.01. The number of nitrogens with zero attached hydrogens (tertiary/aromatic N) is 5. The lowest BCUT2D eigenvalue weighted by molar-refractivity contribution is -0.121. The molecule has 1 atom stereocenters. The number of fused-ring (bicyclic) bond motifs is 1. The quantitative estimate of drug-likeness (QED) is 0.450. The summed E-state index contributed by atoms with van der Waals surface area (Å²) in [6.07, 6.45) is 4.16. The number of anilines is 1. The summed E-state index contributed by atoms with van der Waals surface area (Å²) in [6.45, 7) is 2.18. The van der Waals surface area contributed by atoms with Gasteiger partial charge in [-0.3, -0.25) is 24.2 Å². The number of carbonyl (C=O) groups excluding carboxylic acids is 2. The first kappa shape index (κ1) is 23.9. The van der Waals surface area contributed by atoms with E-state index in [1.165, 1.54) is 19.1 Å². The van der Waals surface area contributed by atoms with Crippen LogP contribution in [-0.2, 0) is 31.2 Å². The summed E-state index contributed by atoms with van der Waals surface area (Å²) in [5.41, 5.74) is 3.16. The van der Waals surface area contributed by atoms with Gasteiger partial charge in [-0.05, 0) is 29.0 Å². The lowest BCUT2D eigenvalue weighted by atomic mass is 10.0. The van der Waals surface area contributed by atoms with Crippen molar-refractivity contribution in [2.24, 2.45) is 7.05 Å². The molecule has 1 unspecified atom stereocenters.